The Morgan fingerprint density at radius 2 is 1.86 bits per heavy atom. The van der Waals surface area contributed by atoms with Crippen LogP contribution in [-0.2, 0) is 9.59 Å². The van der Waals surface area contributed by atoms with Gasteiger partial charge in [-0.1, -0.05) is 35.9 Å². The van der Waals surface area contributed by atoms with E-state index < -0.39 is 0 Å². The average molecular weight is 400 g/mol. The highest BCUT2D eigenvalue weighted by molar-refractivity contribution is 6.31. The molecular formula is C21H22ClN3O3. The summed E-state index contributed by atoms with van der Waals surface area (Å²) in [5, 5.41) is 5.97. The van der Waals surface area contributed by atoms with Gasteiger partial charge in [-0.05, 0) is 43.2 Å². The molecule has 0 radical (unpaired) electrons. The highest BCUT2D eigenvalue weighted by Gasteiger charge is 2.28. The fourth-order valence-corrected chi connectivity index (χ4v) is 3.37. The topological polar surface area (TPSA) is 78.5 Å². The van der Waals surface area contributed by atoms with Crippen LogP contribution < -0.4 is 10.6 Å². The second-order valence-corrected chi connectivity index (χ2v) is 7.16. The number of anilines is 1. The van der Waals surface area contributed by atoms with Gasteiger partial charge in [0.05, 0.1) is 12.5 Å². The van der Waals surface area contributed by atoms with Gasteiger partial charge in [0.15, 0.2) is 0 Å². The molecular weight excluding hydrogens is 378 g/mol. The number of benzene rings is 2. The van der Waals surface area contributed by atoms with Gasteiger partial charge in [0.1, 0.15) is 0 Å². The van der Waals surface area contributed by atoms with Gasteiger partial charge in [-0.3, -0.25) is 14.4 Å². The third kappa shape index (κ3) is 5.33. The smallest absolute Gasteiger partial charge is 0.251 e. The summed E-state index contributed by atoms with van der Waals surface area (Å²) in [5.41, 5.74) is 1.14. The fourth-order valence-electron chi connectivity index (χ4n) is 3.18. The van der Waals surface area contributed by atoms with E-state index in [1.54, 1.807) is 29.2 Å². The maximum absolute atomic E-state index is 12.5. The summed E-state index contributed by atoms with van der Waals surface area (Å²) in [6.45, 7) is 0.823. The van der Waals surface area contributed by atoms with Crippen molar-refractivity contribution in [3.63, 3.8) is 0 Å². The van der Waals surface area contributed by atoms with Crippen molar-refractivity contribution < 1.29 is 14.4 Å². The Morgan fingerprint density at radius 3 is 2.61 bits per heavy atom. The van der Waals surface area contributed by atoms with Crippen LogP contribution in [0.25, 0.3) is 0 Å². The number of halogens is 1. The standard InChI is InChI=1S/C21H22ClN3O3/c22-17-8-4-6-15(12-17)20(27)23-13-19(26)25-11-5-7-16(14-25)21(28)24-18-9-2-1-3-10-18/h1-4,6,8-10,12,16H,5,7,11,13-14H2,(H,23,27)(H,24,28). The van der Waals surface area contributed by atoms with Crippen molar-refractivity contribution in [3.05, 3.63) is 65.2 Å². The molecule has 2 aromatic rings. The van der Waals surface area contributed by atoms with E-state index in [4.69, 9.17) is 11.6 Å². The Kier molecular flexibility index (Phi) is 6.66. The summed E-state index contributed by atoms with van der Waals surface area (Å²) in [4.78, 5) is 38.8. The first-order valence-electron chi connectivity index (χ1n) is 9.20. The largest absolute Gasteiger partial charge is 0.343 e. The zero-order valence-electron chi connectivity index (χ0n) is 15.4. The van der Waals surface area contributed by atoms with E-state index in [9.17, 15) is 14.4 Å². The third-order valence-corrected chi connectivity index (χ3v) is 4.91. The molecule has 0 aromatic heterocycles. The van der Waals surface area contributed by atoms with Crippen LogP contribution in [0.4, 0.5) is 5.69 Å². The maximum atomic E-state index is 12.5. The van der Waals surface area contributed by atoms with Gasteiger partial charge >= 0.3 is 0 Å². The number of nitrogens with zero attached hydrogens (tertiary/aromatic N) is 1. The van der Waals surface area contributed by atoms with Crippen molar-refractivity contribution in [1.29, 1.82) is 0 Å². The van der Waals surface area contributed by atoms with Crippen LogP contribution in [0.1, 0.15) is 23.2 Å². The summed E-state index contributed by atoms with van der Waals surface area (Å²) < 4.78 is 0. The lowest BCUT2D eigenvalue weighted by Gasteiger charge is -2.32. The number of nitrogens with one attached hydrogen (secondary N) is 2. The highest BCUT2D eigenvalue weighted by Crippen LogP contribution is 2.19. The first-order chi connectivity index (χ1) is 13.5. The molecule has 1 aliphatic rings. The van der Waals surface area contributed by atoms with Gasteiger partial charge in [0.25, 0.3) is 5.91 Å². The summed E-state index contributed by atoms with van der Waals surface area (Å²) in [6, 6.07) is 15.8. The Bertz CT molecular complexity index is 857. The molecule has 2 N–H and O–H groups in total. The number of carbonyl (C=O) groups is 3. The van der Waals surface area contributed by atoms with E-state index in [0.717, 1.165) is 18.5 Å². The van der Waals surface area contributed by atoms with Crippen molar-refractivity contribution in [1.82, 2.24) is 10.2 Å². The second-order valence-electron chi connectivity index (χ2n) is 6.73. The molecule has 0 aliphatic carbocycles. The predicted octanol–water partition coefficient (Wildman–Crippen LogP) is 2.95. The molecule has 146 valence electrons. The number of hydrogen-bond donors (Lipinski definition) is 2. The Labute approximate surface area is 168 Å². The minimum atomic E-state index is -0.355. The molecule has 0 bridgehead atoms. The van der Waals surface area contributed by atoms with E-state index in [0.29, 0.717) is 23.7 Å². The van der Waals surface area contributed by atoms with Gasteiger partial charge in [-0.2, -0.15) is 0 Å². The molecule has 1 heterocycles. The van der Waals surface area contributed by atoms with E-state index in [1.165, 1.54) is 0 Å². The first kappa shape index (κ1) is 19.9. The molecule has 6 nitrogen and oxygen atoms in total. The molecule has 0 spiro atoms. The summed E-state index contributed by atoms with van der Waals surface area (Å²) in [6.07, 6.45) is 1.48. The molecule has 1 fully saturated rings. The lowest BCUT2D eigenvalue weighted by atomic mass is 9.97. The lowest BCUT2D eigenvalue weighted by Crippen LogP contribution is -2.47. The van der Waals surface area contributed by atoms with E-state index in [1.807, 2.05) is 30.3 Å². The molecule has 0 saturated carbocycles. The number of rotatable bonds is 5. The Balaban J connectivity index is 1.51. The molecule has 1 aliphatic heterocycles. The number of hydrogen-bond acceptors (Lipinski definition) is 3. The van der Waals surface area contributed by atoms with E-state index in [2.05, 4.69) is 10.6 Å². The molecule has 3 rings (SSSR count). The summed E-state index contributed by atoms with van der Waals surface area (Å²) in [7, 11) is 0. The van der Waals surface area contributed by atoms with E-state index in [-0.39, 0.29) is 30.2 Å². The van der Waals surface area contributed by atoms with Gasteiger partial charge in [-0.15, -0.1) is 0 Å². The van der Waals surface area contributed by atoms with Crippen LogP contribution in [-0.4, -0.2) is 42.3 Å². The second kappa shape index (κ2) is 9.37. The number of piperidine rings is 1. The Morgan fingerprint density at radius 1 is 1.07 bits per heavy atom. The minimum absolute atomic E-state index is 0.0911. The quantitative estimate of drug-likeness (QED) is 0.811. The zero-order chi connectivity index (χ0) is 19.9. The predicted molar refractivity (Wildman–Crippen MR) is 108 cm³/mol. The average Bonchev–Trinajstić information content (AvgIpc) is 2.72. The number of likely N-dealkylation sites (tertiary alicyclic amines) is 1. The molecule has 28 heavy (non-hydrogen) atoms. The number of carbonyl (C=O) groups excluding carboxylic acids is 3. The summed E-state index contributed by atoms with van der Waals surface area (Å²) >= 11 is 5.88. The van der Waals surface area contributed by atoms with Crippen LogP contribution in [0.5, 0.6) is 0 Å². The van der Waals surface area contributed by atoms with Gasteiger partial charge in [-0.25, -0.2) is 0 Å². The minimum Gasteiger partial charge on any atom is -0.343 e. The third-order valence-electron chi connectivity index (χ3n) is 4.67. The van der Waals surface area contributed by atoms with Crippen LogP contribution >= 0.6 is 11.6 Å². The molecule has 1 unspecified atom stereocenters. The monoisotopic (exact) mass is 399 g/mol. The molecule has 1 saturated heterocycles. The van der Waals surface area contributed by atoms with Gasteiger partial charge in [0.2, 0.25) is 11.8 Å². The van der Waals surface area contributed by atoms with Crippen LogP contribution in [0.15, 0.2) is 54.6 Å². The molecule has 1 atom stereocenters. The van der Waals surface area contributed by atoms with Crippen molar-refractivity contribution in [2.75, 3.05) is 25.0 Å². The van der Waals surface area contributed by atoms with Gasteiger partial charge < -0.3 is 15.5 Å². The molecule has 7 heteroatoms. The Hall–Kier alpha value is -2.86. The van der Waals surface area contributed by atoms with Crippen LogP contribution in [0, 0.1) is 5.92 Å². The SMILES string of the molecule is O=C(NCC(=O)N1CCCC(C(=O)Nc2ccccc2)C1)c1cccc(Cl)c1. The molecule has 3 amide bonds. The van der Waals surface area contributed by atoms with Crippen molar-refractivity contribution in [2.45, 2.75) is 12.8 Å². The first-order valence-corrected chi connectivity index (χ1v) is 9.58. The summed E-state index contributed by atoms with van der Waals surface area (Å²) in [5.74, 6) is -0.910. The number of para-hydroxylation sites is 1. The van der Waals surface area contributed by atoms with Crippen molar-refractivity contribution >= 4 is 35.0 Å². The molecule has 2 aromatic carbocycles. The highest BCUT2D eigenvalue weighted by atomic mass is 35.5. The van der Waals surface area contributed by atoms with Crippen molar-refractivity contribution in [3.8, 4) is 0 Å². The van der Waals surface area contributed by atoms with Crippen molar-refractivity contribution in [2.24, 2.45) is 5.92 Å². The van der Waals surface area contributed by atoms with E-state index >= 15 is 0 Å². The van der Waals surface area contributed by atoms with Crippen LogP contribution in [0.2, 0.25) is 5.02 Å². The number of amides is 3. The zero-order valence-corrected chi connectivity index (χ0v) is 16.1. The maximum Gasteiger partial charge on any atom is 0.251 e. The van der Waals surface area contributed by atoms with Gasteiger partial charge in [0, 0.05) is 29.4 Å². The lowest BCUT2D eigenvalue weighted by molar-refractivity contribution is -0.133. The normalized spacial score (nSPS) is 16.3. The fraction of sp³-hybridized carbons (Fsp3) is 0.286. The van der Waals surface area contributed by atoms with Crippen LogP contribution in [0.3, 0.4) is 0 Å².